The Hall–Kier alpha value is -0.870. The second kappa shape index (κ2) is 3.17. The van der Waals surface area contributed by atoms with Crippen molar-refractivity contribution in [2.75, 3.05) is 0 Å². The first-order chi connectivity index (χ1) is 3.63. The van der Waals surface area contributed by atoms with Crippen LogP contribution in [0.2, 0.25) is 0 Å². The lowest BCUT2D eigenvalue weighted by atomic mass is 10.4. The molecule has 0 unspecified atom stereocenters. The Morgan fingerprint density at radius 2 is 1.88 bits per heavy atom. The van der Waals surface area contributed by atoms with Crippen LogP contribution >= 0.6 is 0 Å². The third kappa shape index (κ3) is 5.13. The molecule has 0 aliphatic heterocycles. The van der Waals surface area contributed by atoms with Gasteiger partial charge < -0.3 is 20.4 Å². The van der Waals surface area contributed by atoms with Crippen molar-refractivity contribution < 1.29 is 20.4 Å². The van der Waals surface area contributed by atoms with Gasteiger partial charge in [-0.05, 0) is 0 Å². The van der Waals surface area contributed by atoms with Crippen LogP contribution in [0.15, 0.2) is 12.0 Å². The highest BCUT2D eigenvalue weighted by Crippen LogP contribution is 1.88. The van der Waals surface area contributed by atoms with Crippen LogP contribution in [0, 0.1) is 6.42 Å². The molecule has 0 aliphatic rings. The minimum atomic E-state index is -1.63. The molecule has 0 rings (SSSR count). The van der Waals surface area contributed by atoms with Gasteiger partial charge in [0.05, 0.1) is 0 Å². The van der Waals surface area contributed by atoms with Gasteiger partial charge in [-0.2, -0.15) is 6.42 Å². The molecule has 0 spiro atoms. The fraction of sp³-hybridized carbons (Fsp3) is 0.250. The third-order valence-corrected chi connectivity index (χ3v) is 0.417. The molecule has 0 aromatic rings. The Morgan fingerprint density at radius 1 is 1.38 bits per heavy atom. The van der Waals surface area contributed by atoms with Crippen LogP contribution in [0.3, 0.4) is 0 Å². The zero-order valence-electron chi connectivity index (χ0n) is 4.02. The molecule has 0 heterocycles. The largest absolute Gasteiger partial charge is 0.565 e. The third-order valence-electron chi connectivity index (χ3n) is 0.417. The van der Waals surface area contributed by atoms with Gasteiger partial charge in [0.15, 0.2) is 0 Å². The van der Waals surface area contributed by atoms with Gasteiger partial charge in [0.25, 0.3) is 0 Å². The van der Waals surface area contributed by atoms with Crippen molar-refractivity contribution in [2.45, 2.75) is 6.29 Å². The van der Waals surface area contributed by atoms with Crippen LogP contribution in [-0.2, 0) is 0 Å². The average Bonchev–Trinajstić information content (AvgIpc) is 1.61. The lowest BCUT2D eigenvalue weighted by Gasteiger charge is -2.04. The van der Waals surface area contributed by atoms with Crippen LogP contribution in [0.1, 0.15) is 0 Å². The molecule has 4 nitrogen and oxygen atoms in total. The van der Waals surface area contributed by atoms with Gasteiger partial charge >= 0.3 is 0 Å². The van der Waals surface area contributed by atoms with E-state index >= 15 is 0 Å². The quantitative estimate of drug-likeness (QED) is 0.223. The van der Waals surface area contributed by atoms with Gasteiger partial charge in [0, 0.05) is 0 Å². The van der Waals surface area contributed by atoms with Gasteiger partial charge in [-0.3, -0.25) is 0 Å². The van der Waals surface area contributed by atoms with Crippen molar-refractivity contribution in [3.8, 4) is 0 Å². The Bertz CT molecular complexity index is 82.0. The van der Waals surface area contributed by atoms with Crippen molar-refractivity contribution in [2.24, 2.45) is 0 Å². The normalized spacial score (nSPS) is 8.88. The second-order valence-electron chi connectivity index (χ2n) is 1.13. The first-order valence-corrected chi connectivity index (χ1v) is 1.92. The molecule has 0 aromatic heterocycles. The summed E-state index contributed by atoms with van der Waals surface area (Å²) in [4.78, 5) is 0. The highest BCUT2D eigenvalue weighted by atomic mass is 16.5. The number of aliphatic hydroxyl groups is 4. The molecule has 0 aromatic carbocycles. The second-order valence-corrected chi connectivity index (χ2v) is 1.13. The maximum atomic E-state index is 8.03. The minimum absolute atomic E-state index is 0.769. The summed E-state index contributed by atoms with van der Waals surface area (Å²) >= 11 is 0. The van der Waals surface area contributed by atoms with E-state index in [1.54, 1.807) is 0 Å². The van der Waals surface area contributed by atoms with E-state index < -0.39 is 12.2 Å². The fourth-order valence-corrected chi connectivity index (χ4v) is 0.172. The maximum absolute atomic E-state index is 8.03. The lowest BCUT2D eigenvalue weighted by molar-refractivity contribution is -0.00882. The number of hydrogen-bond donors (Lipinski definition) is 4. The highest BCUT2D eigenvalue weighted by molar-refractivity contribution is 4.94. The van der Waals surface area contributed by atoms with E-state index in [0.717, 1.165) is 12.5 Å². The summed E-state index contributed by atoms with van der Waals surface area (Å²) in [6.45, 7) is 0. The van der Waals surface area contributed by atoms with Crippen molar-refractivity contribution in [1.82, 2.24) is 0 Å². The van der Waals surface area contributed by atoms with Crippen LogP contribution < -0.4 is 0 Å². The summed E-state index contributed by atoms with van der Waals surface area (Å²) in [5.41, 5.74) is 0. The molecule has 0 aliphatic carbocycles. The molecule has 0 bridgehead atoms. The van der Waals surface area contributed by atoms with Gasteiger partial charge in [-0.1, -0.05) is 0 Å². The van der Waals surface area contributed by atoms with E-state index in [-0.39, 0.29) is 0 Å². The van der Waals surface area contributed by atoms with Crippen molar-refractivity contribution >= 4 is 0 Å². The van der Waals surface area contributed by atoms with Gasteiger partial charge in [0.1, 0.15) is 12.2 Å². The van der Waals surface area contributed by atoms with E-state index in [0.29, 0.717) is 0 Å². The van der Waals surface area contributed by atoms with E-state index in [4.69, 9.17) is 20.4 Å². The zero-order chi connectivity index (χ0) is 6.57. The smallest absolute Gasteiger partial charge is 0.112 e. The van der Waals surface area contributed by atoms with Crippen molar-refractivity contribution in [3.63, 3.8) is 0 Å². The van der Waals surface area contributed by atoms with Crippen molar-refractivity contribution in [3.05, 3.63) is 18.4 Å². The van der Waals surface area contributed by atoms with Crippen LogP contribution in [0.4, 0.5) is 0 Å². The van der Waals surface area contributed by atoms with Crippen LogP contribution in [-0.4, -0.2) is 26.7 Å². The molecule has 0 radical (unpaired) electrons. The summed E-state index contributed by atoms with van der Waals surface area (Å²) in [5.74, 6) is -0.946. The first kappa shape index (κ1) is 7.13. The summed E-state index contributed by atoms with van der Waals surface area (Å²) in [6, 6.07) is 0. The Morgan fingerprint density at radius 3 is 2.00 bits per heavy atom. The summed E-state index contributed by atoms with van der Waals surface area (Å²) < 4.78 is 0. The molecular formula is C4H7O4-. The minimum Gasteiger partial charge on any atom is -0.565 e. The predicted molar refractivity (Wildman–Crippen MR) is 25.9 cm³/mol. The Kier molecular flexibility index (Phi) is 2.83. The average molecular weight is 119 g/mol. The van der Waals surface area contributed by atoms with Crippen molar-refractivity contribution in [1.29, 1.82) is 0 Å². The first-order valence-electron chi connectivity index (χ1n) is 1.92. The zero-order valence-corrected chi connectivity index (χ0v) is 4.02. The number of hydrogen-bond acceptors (Lipinski definition) is 4. The standard InChI is InChI=1S/C4H7O4/c5-3(6)1-2-4(7)8/h1-3,5-8H/q-1. The molecule has 4 heteroatoms. The highest BCUT2D eigenvalue weighted by Gasteiger charge is 1.82. The summed E-state index contributed by atoms with van der Waals surface area (Å²) in [5, 5.41) is 32.0. The molecule has 0 atom stereocenters. The monoisotopic (exact) mass is 119 g/mol. The molecule has 0 saturated heterocycles. The molecule has 4 N–H and O–H groups in total. The number of rotatable bonds is 2. The summed E-state index contributed by atoms with van der Waals surface area (Å²) in [6.07, 6.45) is -0.0516. The van der Waals surface area contributed by atoms with Crippen LogP contribution in [0.5, 0.6) is 0 Å². The molecule has 0 fully saturated rings. The molecule has 0 saturated carbocycles. The van der Waals surface area contributed by atoms with Gasteiger partial charge in [-0.25, -0.2) is 0 Å². The van der Waals surface area contributed by atoms with Gasteiger partial charge in [-0.15, -0.1) is 6.08 Å². The Labute approximate surface area is 46.3 Å². The number of aliphatic hydroxyl groups excluding tert-OH is 2. The lowest BCUT2D eigenvalue weighted by Crippen LogP contribution is -2.02. The van der Waals surface area contributed by atoms with E-state index in [2.05, 4.69) is 0 Å². The van der Waals surface area contributed by atoms with E-state index in [9.17, 15) is 0 Å². The fourth-order valence-electron chi connectivity index (χ4n) is 0.172. The van der Waals surface area contributed by atoms with E-state index in [1.807, 2.05) is 0 Å². The molecule has 8 heavy (non-hydrogen) atoms. The molecule has 0 amide bonds. The molecule has 48 valence electrons. The maximum Gasteiger partial charge on any atom is 0.112 e. The Balaban J connectivity index is 3.29. The van der Waals surface area contributed by atoms with Crippen LogP contribution in [0.25, 0.3) is 0 Å². The predicted octanol–water partition coefficient (Wildman–Crippen LogP) is -0.541. The summed E-state index contributed by atoms with van der Waals surface area (Å²) in [7, 11) is 0. The molecular weight excluding hydrogens is 112 g/mol. The SMILES string of the molecule is OC(O)=C[CH-]C(O)O. The van der Waals surface area contributed by atoms with Gasteiger partial charge in [0.2, 0.25) is 0 Å². The van der Waals surface area contributed by atoms with E-state index in [1.165, 1.54) is 0 Å². The topological polar surface area (TPSA) is 80.9 Å².